The number of hydrogen-bond donors (Lipinski definition) is 2. The highest BCUT2D eigenvalue weighted by molar-refractivity contribution is 6.12. The standard InChI is InChI=1S/C23H20N2O3/c1-27-19-11-12-20-21(14-24-22(20)13-19)23(26)25-17-7-9-18(10-8-17)28-15-16-5-3-2-4-6-16/h2-14,24H,15H2,1H3,(H,25,26). The Morgan fingerprint density at radius 1 is 0.964 bits per heavy atom. The lowest BCUT2D eigenvalue weighted by atomic mass is 10.1. The van der Waals surface area contributed by atoms with Crippen LogP contribution in [-0.2, 0) is 6.61 Å². The van der Waals surface area contributed by atoms with Gasteiger partial charge in [0.1, 0.15) is 18.1 Å². The number of carbonyl (C=O) groups excluding carboxylic acids is 1. The Kier molecular flexibility index (Phi) is 4.97. The average Bonchev–Trinajstić information content (AvgIpc) is 3.17. The number of ether oxygens (including phenoxy) is 2. The fraction of sp³-hybridized carbons (Fsp3) is 0.0870. The van der Waals surface area contributed by atoms with Gasteiger partial charge in [-0.1, -0.05) is 30.3 Å². The summed E-state index contributed by atoms with van der Waals surface area (Å²) < 4.78 is 11.0. The maximum atomic E-state index is 12.6. The molecule has 3 aromatic carbocycles. The maximum absolute atomic E-state index is 12.6. The fourth-order valence-electron chi connectivity index (χ4n) is 2.99. The predicted molar refractivity (Wildman–Crippen MR) is 110 cm³/mol. The van der Waals surface area contributed by atoms with E-state index in [9.17, 15) is 4.79 Å². The molecule has 0 fully saturated rings. The van der Waals surface area contributed by atoms with Gasteiger partial charge >= 0.3 is 0 Å². The Morgan fingerprint density at radius 3 is 2.46 bits per heavy atom. The summed E-state index contributed by atoms with van der Waals surface area (Å²) in [6.45, 7) is 0.505. The third-order valence-electron chi connectivity index (χ3n) is 4.49. The number of rotatable bonds is 6. The van der Waals surface area contributed by atoms with Crippen LogP contribution in [0.25, 0.3) is 10.9 Å². The van der Waals surface area contributed by atoms with Gasteiger partial charge in [0.2, 0.25) is 0 Å². The van der Waals surface area contributed by atoms with E-state index >= 15 is 0 Å². The molecular formula is C23H20N2O3. The van der Waals surface area contributed by atoms with Crippen molar-refractivity contribution < 1.29 is 14.3 Å². The number of anilines is 1. The van der Waals surface area contributed by atoms with E-state index in [0.29, 0.717) is 17.9 Å². The monoisotopic (exact) mass is 372 g/mol. The molecule has 4 aromatic rings. The third kappa shape index (κ3) is 3.83. The number of hydrogen-bond acceptors (Lipinski definition) is 3. The second kappa shape index (κ2) is 7.88. The molecule has 0 saturated heterocycles. The van der Waals surface area contributed by atoms with Crippen LogP contribution in [0.15, 0.2) is 79.0 Å². The molecule has 1 amide bonds. The Bertz CT molecular complexity index is 1090. The molecule has 0 aliphatic rings. The van der Waals surface area contributed by atoms with Gasteiger partial charge in [-0.2, -0.15) is 0 Å². The second-order valence-electron chi connectivity index (χ2n) is 6.37. The third-order valence-corrected chi connectivity index (χ3v) is 4.49. The molecule has 0 atom stereocenters. The molecule has 4 rings (SSSR count). The summed E-state index contributed by atoms with van der Waals surface area (Å²) in [6, 6.07) is 22.9. The highest BCUT2D eigenvalue weighted by atomic mass is 16.5. The molecule has 1 aromatic heterocycles. The highest BCUT2D eigenvalue weighted by Gasteiger charge is 2.13. The molecule has 1 heterocycles. The van der Waals surface area contributed by atoms with Gasteiger partial charge in [0, 0.05) is 28.9 Å². The first kappa shape index (κ1) is 17.7. The van der Waals surface area contributed by atoms with Crippen molar-refractivity contribution in [2.24, 2.45) is 0 Å². The van der Waals surface area contributed by atoms with Crippen molar-refractivity contribution in [3.63, 3.8) is 0 Å². The average molecular weight is 372 g/mol. The number of methoxy groups -OCH3 is 1. The molecule has 5 nitrogen and oxygen atoms in total. The van der Waals surface area contributed by atoms with Gasteiger partial charge in [0.15, 0.2) is 0 Å². The molecule has 0 saturated carbocycles. The molecule has 0 bridgehead atoms. The number of carbonyl (C=O) groups is 1. The van der Waals surface area contributed by atoms with Crippen molar-refractivity contribution in [1.29, 1.82) is 0 Å². The van der Waals surface area contributed by atoms with Crippen LogP contribution < -0.4 is 14.8 Å². The quantitative estimate of drug-likeness (QED) is 0.500. The summed E-state index contributed by atoms with van der Waals surface area (Å²) in [5, 5.41) is 3.77. The van der Waals surface area contributed by atoms with E-state index in [2.05, 4.69) is 10.3 Å². The molecule has 0 spiro atoms. The summed E-state index contributed by atoms with van der Waals surface area (Å²) in [7, 11) is 1.62. The number of fused-ring (bicyclic) bond motifs is 1. The van der Waals surface area contributed by atoms with E-state index in [-0.39, 0.29) is 5.91 Å². The minimum absolute atomic E-state index is 0.172. The van der Waals surface area contributed by atoms with Gasteiger partial charge in [0.25, 0.3) is 5.91 Å². The zero-order valence-electron chi connectivity index (χ0n) is 15.4. The SMILES string of the molecule is COc1ccc2c(C(=O)Nc3ccc(OCc4ccccc4)cc3)c[nH]c2c1. The van der Waals surface area contributed by atoms with E-state index in [1.165, 1.54) is 0 Å². The minimum Gasteiger partial charge on any atom is -0.497 e. The summed E-state index contributed by atoms with van der Waals surface area (Å²) in [6.07, 6.45) is 1.71. The maximum Gasteiger partial charge on any atom is 0.257 e. The lowest BCUT2D eigenvalue weighted by Gasteiger charge is -2.08. The summed E-state index contributed by atoms with van der Waals surface area (Å²) in [4.78, 5) is 15.8. The van der Waals surface area contributed by atoms with Gasteiger partial charge in [-0.3, -0.25) is 4.79 Å². The van der Waals surface area contributed by atoms with E-state index in [1.54, 1.807) is 13.3 Å². The lowest BCUT2D eigenvalue weighted by molar-refractivity contribution is 0.102. The van der Waals surface area contributed by atoms with Crippen LogP contribution in [0.4, 0.5) is 5.69 Å². The summed E-state index contributed by atoms with van der Waals surface area (Å²) in [5.74, 6) is 1.32. The van der Waals surface area contributed by atoms with Crippen molar-refractivity contribution >= 4 is 22.5 Å². The molecular weight excluding hydrogens is 352 g/mol. The molecule has 0 radical (unpaired) electrons. The number of aromatic amines is 1. The molecule has 140 valence electrons. The van der Waals surface area contributed by atoms with Crippen LogP contribution in [0.1, 0.15) is 15.9 Å². The van der Waals surface area contributed by atoms with Crippen LogP contribution >= 0.6 is 0 Å². The number of H-pyrrole nitrogens is 1. The minimum atomic E-state index is -0.172. The Labute approximate surface area is 162 Å². The smallest absolute Gasteiger partial charge is 0.257 e. The Balaban J connectivity index is 1.42. The Morgan fingerprint density at radius 2 is 1.71 bits per heavy atom. The van der Waals surface area contributed by atoms with Crippen LogP contribution in [-0.4, -0.2) is 18.0 Å². The van der Waals surface area contributed by atoms with Crippen molar-refractivity contribution in [2.75, 3.05) is 12.4 Å². The van der Waals surface area contributed by atoms with E-state index in [4.69, 9.17) is 9.47 Å². The molecule has 0 aliphatic heterocycles. The van der Waals surface area contributed by atoms with E-state index in [0.717, 1.165) is 28.0 Å². The van der Waals surface area contributed by atoms with Crippen molar-refractivity contribution in [3.05, 3.63) is 90.1 Å². The molecule has 0 unspecified atom stereocenters. The Hall–Kier alpha value is -3.73. The predicted octanol–water partition coefficient (Wildman–Crippen LogP) is 5.01. The number of amides is 1. The molecule has 28 heavy (non-hydrogen) atoms. The molecule has 2 N–H and O–H groups in total. The van der Waals surface area contributed by atoms with E-state index in [1.807, 2.05) is 72.8 Å². The van der Waals surface area contributed by atoms with Gasteiger partial charge in [-0.05, 0) is 42.0 Å². The van der Waals surface area contributed by atoms with Crippen molar-refractivity contribution in [3.8, 4) is 11.5 Å². The first-order chi connectivity index (χ1) is 13.7. The topological polar surface area (TPSA) is 63.4 Å². The summed E-state index contributed by atoms with van der Waals surface area (Å²) in [5.41, 5.74) is 3.26. The second-order valence-corrected chi connectivity index (χ2v) is 6.37. The number of benzene rings is 3. The molecule has 0 aliphatic carbocycles. The largest absolute Gasteiger partial charge is 0.497 e. The number of aromatic nitrogens is 1. The van der Waals surface area contributed by atoms with Crippen LogP contribution in [0.2, 0.25) is 0 Å². The van der Waals surface area contributed by atoms with Gasteiger partial charge < -0.3 is 19.8 Å². The van der Waals surface area contributed by atoms with Gasteiger partial charge in [-0.15, -0.1) is 0 Å². The fourth-order valence-corrected chi connectivity index (χ4v) is 2.99. The van der Waals surface area contributed by atoms with Crippen molar-refractivity contribution in [2.45, 2.75) is 6.61 Å². The number of nitrogens with one attached hydrogen (secondary N) is 2. The zero-order chi connectivity index (χ0) is 19.3. The van der Waals surface area contributed by atoms with E-state index < -0.39 is 0 Å². The lowest BCUT2D eigenvalue weighted by Crippen LogP contribution is -2.11. The highest BCUT2D eigenvalue weighted by Crippen LogP contribution is 2.24. The first-order valence-corrected chi connectivity index (χ1v) is 8.96. The van der Waals surface area contributed by atoms with Crippen molar-refractivity contribution in [1.82, 2.24) is 4.98 Å². The van der Waals surface area contributed by atoms with Gasteiger partial charge in [-0.25, -0.2) is 0 Å². The first-order valence-electron chi connectivity index (χ1n) is 8.96. The normalized spacial score (nSPS) is 10.6. The van der Waals surface area contributed by atoms with Crippen LogP contribution in [0.5, 0.6) is 11.5 Å². The molecule has 5 heteroatoms. The van der Waals surface area contributed by atoms with Crippen LogP contribution in [0, 0.1) is 0 Å². The van der Waals surface area contributed by atoms with Crippen LogP contribution in [0.3, 0.4) is 0 Å². The zero-order valence-corrected chi connectivity index (χ0v) is 15.4. The van der Waals surface area contributed by atoms with Gasteiger partial charge in [0.05, 0.1) is 12.7 Å². The summed E-state index contributed by atoms with van der Waals surface area (Å²) >= 11 is 0.